The van der Waals surface area contributed by atoms with E-state index in [1.54, 1.807) is 0 Å². The quantitative estimate of drug-likeness (QED) is 0.899. The van der Waals surface area contributed by atoms with E-state index in [1.807, 2.05) is 0 Å². The molecule has 0 radical (unpaired) electrons. The van der Waals surface area contributed by atoms with Crippen LogP contribution in [0.3, 0.4) is 0 Å². The van der Waals surface area contributed by atoms with Crippen molar-refractivity contribution in [1.29, 1.82) is 0 Å². The molecule has 0 aromatic heterocycles. The van der Waals surface area contributed by atoms with E-state index in [1.165, 1.54) is 49.8 Å². The summed E-state index contributed by atoms with van der Waals surface area (Å²) in [7, 11) is 0. The molecular formula is C17H26N2. The van der Waals surface area contributed by atoms with Crippen LogP contribution in [0.15, 0.2) is 24.3 Å². The second kappa shape index (κ2) is 5.64. The zero-order chi connectivity index (χ0) is 13.2. The van der Waals surface area contributed by atoms with Crippen LogP contribution in [0.4, 0.5) is 0 Å². The number of nitrogens with two attached hydrogens (primary N) is 1. The Labute approximate surface area is 117 Å². The largest absolute Gasteiger partial charge is 0.323 e. The van der Waals surface area contributed by atoms with Gasteiger partial charge in [0.05, 0.1) is 0 Å². The zero-order valence-electron chi connectivity index (χ0n) is 12.0. The molecule has 2 aliphatic carbocycles. The number of hydrogen-bond acceptors (Lipinski definition) is 2. The summed E-state index contributed by atoms with van der Waals surface area (Å²) in [4.78, 5) is 2.64. The Morgan fingerprint density at radius 1 is 1.21 bits per heavy atom. The number of benzene rings is 1. The van der Waals surface area contributed by atoms with Gasteiger partial charge in [0.15, 0.2) is 0 Å². The molecular weight excluding hydrogens is 232 g/mol. The van der Waals surface area contributed by atoms with Crippen LogP contribution in [0.1, 0.15) is 49.8 Å². The summed E-state index contributed by atoms with van der Waals surface area (Å²) in [5, 5.41) is 0. The molecule has 104 valence electrons. The lowest BCUT2D eigenvalue weighted by Gasteiger charge is -2.42. The van der Waals surface area contributed by atoms with Crippen molar-refractivity contribution in [3.8, 4) is 0 Å². The predicted molar refractivity (Wildman–Crippen MR) is 80.1 cm³/mol. The van der Waals surface area contributed by atoms with E-state index in [4.69, 9.17) is 5.73 Å². The second-order valence-electron chi connectivity index (χ2n) is 6.22. The Bertz CT molecular complexity index is 425. The molecule has 2 atom stereocenters. The molecule has 1 fully saturated rings. The lowest BCUT2D eigenvalue weighted by atomic mass is 9.81. The van der Waals surface area contributed by atoms with Crippen LogP contribution in [0.2, 0.25) is 0 Å². The van der Waals surface area contributed by atoms with Gasteiger partial charge in [-0.25, -0.2) is 0 Å². The molecule has 2 heteroatoms. The van der Waals surface area contributed by atoms with Crippen molar-refractivity contribution in [1.82, 2.24) is 4.90 Å². The first-order valence-corrected chi connectivity index (χ1v) is 7.87. The first-order chi connectivity index (χ1) is 9.29. The van der Waals surface area contributed by atoms with Crippen molar-refractivity contribution in [3.63, 3.8) is 0 Å². The molecule has 2 unspecified atom stereocenters. The highest BCUT2D eigenvalue weighted by Crippen LogP contribution is 2.34. The summed E-state index contributed by atoms with van der Waals surface area (Å²) in [6, 6.07) is 9.48. The van der Waals surface area contributed by atoms with Gasteiger partial charge in [-0.05, 0) is 49.3 Å². The minimum Gasteiger partial charge on any atom is -0.323 e. The molecule has 0 bridgehead atoms. The molecule has 1 saturated carbocycles. The lowest BCUT2D eigenvalue weighted by molar-refractivity contribution is 0.112. The highest BCUT2D eigenvalue weighted by molar-refractivity contribution is 5.33. The number of nitrogens with zero attached hydrogens (tertiary/aromatic N) is 1. The van der Waals surface area contributed by atoms with Gasteiger partial charge < -0.3 is 5.73 Å². The number of fused-ring (bicyclic) bond motifs is 1. The fourth-order valence-electron chi connectivity index (χ4n) is 3.69. The smallest absolute Gasteiger partial charge is 0.0455 e. The average Bonchev–Trinajstić information content (AvgIpc) is 2.40. The fourth-order valence-corrected chi connectivity index (χ4v) is 3.69. The van der Waals surface area contributed by atoms with Crippen LogP contribution in [-0.4, -0.2) is 24.0 Å². The second-order valence-corrected chi connectivity index (χ2v) is 6.22. The van der Waals surface area contributed by atoms with E-state index in [-0.39, 0.29) is 6.04 Å². The molecule has 0 saturated heterocycles. The Hall–Kier alpha value is -0.860. The van der Waals surface area contributed by atoms with E-state index in [9.17, 15) is 0 Å². The lowest BCUT2D eigenvalue weighted by Crippen LogP contribution is -2.47. The molecule has 0 amide bonds. The summed E-state index contributed by atoms with van der Waals surface area (Å²) in [5.41, 5.74) is 9.40. The van der Waals surface area contributed by atoms with E-state index in [2.05, 4.69) is 36.1 Å². The molecule has 1 aromatic rings. The zero-order valence-corrected chi connectivity index (χ0v) is 12.0. The van der Waals surface area contributed by atoms with Crippen LogP contribution in [-0.2, 0) is 6.42 Å². The topological polar surface area (TPSA) is 29.3 Å². The van der Waals surface area contributed by atoms with Gasteiger partial charge in [-0.15, -0.1) is 0 Å². The molecule has 2 aliphatic rings. The Morgan fingerprint density at radius 3 is 2.68 bits per heavy atom. The summed E-state index contributed by atoms with van der Waals surface area (Å²) < 4.78 is 0. The Kier molecular flexibility index (Phi) is 3.90. The van der Waals surface area contributed by atoms with Gasteiger partial charge in [-0.1, -0.05) is 37.6 Å². The average molecular weight is 258 g/mol. The van der Waals surface area contributed by atoms with Crippen LogP contribution in [0.25, 0.3) is 0 Å². The van der Waals surface area contributed by atoms with E-state index < -0.39 is 0 Å². The maximum absolute atomic E-state index is 6.56. The van der Waals surface area contributed by atoms with Crippen LogP contribution in [0, 0.1) is 5.92 Å². The van der Waals surface area contributed by atoms with E-state index in [0.29, 0.717) is 6.04 Å². The monoisotopic (exact) mass is 258 g/mol. The van der Waals surface area contributed by atoms with Gasteiger partial charge in [-0.3, -0.25) is 4.90 Å². The number of aryl methyl sites for hydroxylation is 1. The maximum atomic E-state index is 6.56. The third kappa shape index (κ3) is 2.56. The summed E-state index contributed by atoms with van der Waals surface area (Å²) in [6.45, 7) is 4.68. The summed E-state index contributed by atoms with van der Waals surface area (Å²) in [6.07, 6.45) is 6.69. The molecule has 0 aliphatic heterocycles. The highest BCUT2D eigenvalue weighted by atomic mass is 15.2. The SMILES string of the molecule is CCN(CC1CCC1)C1CCc2ccccc2C1N. The first kappa shape index (κ1) is 13.1. The van der Waals surface area contributed by atoms with Crippen LogP contribution >= 0.6 is 0 Å². The van der Waals surface area contributed by atoms with Crippen molar-refractivity contribution in [2.75, 3.05) is 13.1 Å². The summed E-state index contributed by atoms with van der Waals surface area (Å²) in [5.74, 6) is 0.935. The van der Waals surface area contributed by atoms with E-state index >= 15 is 0 Å². The van der Waals surface area contributed by atoms with Gasteiger partial charge in [0.2, 0.25) is 0 Å². The minimum atomic E-state index is 0.199. The molecule has 0 heterocycles. The molecule has 19 heavy (non-hydrogen) atoms. The van der Waals surface area contributed by atoms with Gasteiger partial charge in [0.1, 0.15) is 0 Å². The van der Waals surface area contributed by atoms with Crippen molar-refractivity contribution in [2.24, 2.45) is 11.7 Å². The molecule has 1 aromatic carbocycles. The minimum absolute atomic E-state index is 0.199. The number of likely N-dealkylation sites (N-methyl/N-ethyl adjacent to an activating group) is 1. The fraction of sp³-hybridized carbons (Fsp3) is 0.647. The Morgan fingerprint density at radius 2 is 2.00 bits per heavy atom. The van der Waals surface area contributed by atoms with Gasteiger partial charge >= 0.3 is 0 Å². The third-order valence-electron chi connectivity index (χ3n) is 5.13. The van der Waals surface area contributed by atoms with Gasteiger partial charge in [0, 0.05) is 18.6 Å². The number of hydrogen-bond donors (Lipinski definition) is 1. The van der Waals surface area contributed by atoms with Gasteiger partial charge in [0.25, 0.3) is 0 Å². The van der Waals surface area contributed by atoms with E-state index in [0.717, 1.165) is 12.5 Å². The van der Waals surface area contributed by atoms with Crippen molar-refractivity contribution in [3.05, 3.63) is 35.4 Å². The maximum Gasteiger partial charge on any atom is 0.0455 e. The normalized spacial score (nSPS) is 27.1. The van der Waals surface area contributed by atoms with Crippen LogP contribution < -0.4 is 5.73 Å². The first-order valence-electron chi connectivity index (χ1n) is 7.87. The Balaban J connectivity index is 1.74. The molecule has 3 rings (SSSR count). The summed E-state index contributed by atoms with van der Waals surface area (Å²) >= 11 is 0. The standard InChI is InChI=1S/C17H26N2/c1-2-19(12-13-6-5-7-13)16-11-10-14-8-3-4-9-15(14)17(16)18/h3-4,8-9,13,16-17H,2,5-7,10-12,18H2,1H3. The number of rotatable bonds is 4. The van der Waals surface area contributed by atoms with Crippen LogP contribution in [0.5, 0.6) is 0 Å². The van der Waals surface area contributed by atoms with Crippen molar-refractivity contribution < 1.29 is 0 Å². The third-order valence-corrected chi connectivity index (χ3v) is 5.13. The predicted octanol–water partition coefficient (Wildman–Crippen LogP) is 3.12. The van der Waals surface area contributed by atoms with Gasteiger partial charge in [-0.2, -0.15) is 0 Å². The molecule has 0 spiro atoms. The molecule has 2 nitrogen and oxygen atoms in total. The van der Waals surface area contributed by atoms with Crippen molar-refractivity contribution >= 4 is 0 Å². The molecule has 2 N–H and O–H groups in total. The highest BCUT2D eigenvalue weighted by Gasteiger charge is 2.32. The van der Waals surface area contributed by atoms with Crippen molar-refractivity contribution in [2.45, 2.75) is 51.1 Å².